The third kappa shape index (κ3) is 2.63. The fraction of sp³-hybridized carbons (Fsp3) is 0.143. The first-order chi connectivity index (χ1) is 10.9. The lowest BCUT2D eigenvalue weighted by atomic mass is 10.2. The average Bonchev–Trinajstić information content (AvgIpc) is 2.51. The molecule has 2 aromatic heterocycles. The zero-order chi connectivity index (χ0) is 16.7. The number of aromatic nitrogens is 4. The van der Waals surface area contributed by atoms with Crippen LogP contribution in [0.1, 0.15) is 18.8 Å². The lowest BCUT2D eigenvalue weighted by molar-refractivity contribution is 0.687. The first kappa shape index (κ1) is 15.7. The number of nitrogens with two attached hydrogens (primary N) is 2. The van der Waals surface area contributed by atoms with Gasteiger partial charge < -0.3 is 11.5 Å². The van der Waals surface area contributed by atoms with Crippen LogP contribution in [0.25, 0.3) is 16.7 Å². The Morgan fingerprint density at radius 3 is 2.48 bits per heavy atom. The van der Waals surface area contributed by atoms with Crippen LogP contribution >= 0.6 is 23.2 Å². The number of fused-ring (bicyclic) bond motifs is 1. The molecule has 3 aromatic rings. The lowest BCUT2D eigenvalue weighted by Crippen LogP contribution is -2.28. The van der Waals surface area contributed by atoms with Gasteiger partial charge in [0.25, 0.3) is 5.56 Å². The zero-order valence-corrected chi connectivity index (χ0v) is 13.5. The standard InChI is InChI=1S/C14H12Cl2N6O/c1-6(17)13-21-12-8(16)3-2-7(15)11(12)14(23)22(13)10-5-19-9(18)4-20-10/h2-6H,17H2,1H3,(H2,18,19). The monoisotopic (exact) mass is 350 g/mol. The van der Waals surface area contributed by atoms with Gasteiger partial charge in [-0.05, 0) is 19.1 Å². The van der Waals surface area contributed by atoms with Crippen LogP contribution in [0.15, 0.2) is 29.3 Å². The second-order valence-corrected chi connectivity index (χ2v) is 5.77. The summed E-state index contributed by atoms with van der Waals surface area (Å²) in [7, 11) is 0. The molecule has 0 fully saturated rings. The number of nitrogen functional groups attached to an aromatic ring is 1. The second-order valence-electron chi connectivity index (χ2n) is 4.95. The van der Waals surface area contributed by atoms with E-state index in [1.54, 1.807) is 19.1 Å². The molecule has 9 heteroatoms. The summed E-state index contributed by atoms with van der Waals surface area (Å²) in [6.45, 7) is 1.70. The van der Waals surface area contributed by atoms with E-state index >= 15 is 0 Å². The van der Waals surface area contributed by atoms with Crippen molar-refractivity contribution in [1.29, 1.82) is 0 Å². The summed E-state index contributed by atoms with van der Waals surface area (Å²) in [6.07, 6.45) is 2.71. The molecule has 1 atom stereocenters. The molecule has 0 aliphatic heterocycles. The molecule has 2 heterocycles. The molecular weight excluding hydrogens is 339 g/mol. The van der Waals surface area contributed by atoms with Gasteiger partial charge in [0.1, 0.15) is 11.6 Å². The van der Waals surface area contributed by atoms with E-state index in [0.717, 1.165) is 0 Å². The third-order valence-corrected chi connectivity index (χ3v) is 3.86. The maximum atomic E-state index is 12.9. The fourth-order valence-corrected chi connectivity index (χ4v) is 2.64. The van der Waals surface area contributed by atoms with Crippen LogP contribution in [0.5, 0.6) is 0 Å². The van der Waals surface area contributed by atoms with E-state index in [-0.39, 0.29) is 22.0 Å². The minimum Gasteiger partial charge on any atom is -0.382 e. The molecule has 0 aliphatic carbocycles. The van der Waals surface area contributed by atoms with Crippen molar-refractivity contribution in [2.24, 2.45) is 5.73 Å². The van der Waals surface area contributed by atoms with Crippen molar-refractivity contribution in [3.8, 4) is 5.82 Å². The van der Waals surface area contributed by atoms with E-state index in [0.29, 0.717) is 16.4 Å². The molecular formula is C14H12Cl2N6O. The summed E-state index contributed by atoms with van der Waals surface area (Å²) in [5, 5.41) is 0.761. The Hall–Kier alpha value is -2.22. The number of anilines is 1. The highest BCUT2D eigenvalue weighted by atomic mass is 35.5. The van der Waals surface area contributed by atoms with E-state index in [9.17, 15) is 4.79 Å². The Bertz CT molecular complexity index is 952. The van der Waals surface area contributed by atoms with Gasteiger partial charge in [-0.3, -0.25) is 4.79 Å². The highest BCUT2D eigenvalue weighted by Crippen LogP contribution is 2.27. The van der Waals surface area contributed by atoms with Gasteiger partial charge >= 0.3 is 0 Å². The summed E-state index contributed by atoms with van der Waals surface area (Å²) in [4.78, 5) is 25.4. The molecule has 0 saturated carbocycles. The van der Waals surface area contributed by atoms with Crippen LogP contribution in [0.2, 0.25) is 10.0 Å². The first-order valence-corrected chi connectivity index (χ1v) is 7.40. The molecule has 0 saturated heterocycles. The molecule has 1 aromatic carbocycles. The van der Waals surface area contributed by atoms with Gasteiger partial charge in [-0.2, -0.15) is 0 Å². The van der Waals surface area contributed by atoms with Gasteiger partial charge in [0.05, 0.1) is 39.4 Å². The third-order valence-electron chi connectivity index (χ3n) is 3.24. The molecule has 7 nitrogen and oxygen atoms in total. The first-order valence-electron chi connectivity index (χ1n) is 6.64. The van der Waals surface area contributed by atoms with Gasteiger partial charge in [-0.1, -0.05) is 23.2 Å². The maximum Gasteiger partial charge on any atom is 0.268 e. The predicted octanol–water partition coefficient (Wildman–Crippen LogP) is 2.08. The Morgan fingerprint density at radius 2 is 1.87 bits per heavy atom. The number of halogens is 2. The van der Waals surface area contributed by atoms with Crippen molar-refractivity contribution in [3.05, 3.63) is 50.7 Å². The van der Waals surface area contributed by atoms with Crippen molar-refractivity contribution < 1.29 is 0 Å². The fourth-order valence-electron chi connectivity index (χ4n) is 2.21. The molecule has 1 unspecified atom stereocenters. The van der Waals surface area contributed by atoms with Crippen LogP contribution in [0.3, 0.4) is 0 Å². The van der Waals surface area contributed by atoms with E-state index in [1.165, 1.54) is 17.0 Å². The Balaban J connectivity index is 2.47. The largest absolute Gasteiger partial charge is 0.382 e. The molecule has 118 valence electrons. The quantitative estimate of drug-likeness (QED) is 0.731. The number of benzene rings is 1. The number of rotatable bonds is 2. The lowest BCUT2D eigenvalue weighted by Gasteiger charge is -2.15. The van der Waals surface area contributed by atoms with Crippen LogP contribution < -0.4 is 17.0 Å². The minimum atomic E-state index is -0.540. The Kier molecular flexibility index (Phi) is 3.93. The van der Waals surface area contributed by atoms with Crippen molar-refractivity contribution >= 4 is 39.9 Å². The van der Waals surface area contributed by atoms with E-state index in [1.807, 2.05) is 0 Å². The predicted molar refractivity (Wildman–Crippen MR) is 90.0 cm³/mol. The van der Waals surface area contributed by atoms with Crippen LogP contribution in [-0.4, -0.2) is 19.5 Å². The van der Waals surface area contributed by atoms with E-state index in [2.05, 4.69) is 15.0 Å². The van der Waals surface area contributed by atoms with Crippen LogP contribution in [0.4, 0.5) is 5.82 Å². The molecule has 0 radical (unpaired) electrons. The Labute approximate surface area is 140 Å². The normalized spacial score (nSPS) is 12.5. The number of hydrogen-bond acceptors (Lipinski definition) is 6. The van der Waals surface area contributed by atoms with Crippen molar-refractivity contribution in [2.75, 3.05) is 5.73 Å². The van der Waals surface area contributed by atoms with Gasteiger partial charge in [-0.15, -0.1) is 0 Å². The summed E-state index contributed by atoms with van der Waals surface area (Å²) in [6, 6.07) is 2.58. The topological polar surface area (TPSA) is 113 Å². The van der Waals surface area contributed by atoms with E-state index in [4.69, 9.17) is 34.7 Å². The SMILES string of the molecule is CC(N)c1nc2c(Cl)ccc(Cl)c2c(=O)n1-c1cnc(N)cn1. The maximum absolute atomic E-state index is 12.9. The van der Waals surface area contributed by atoms with Gasteiger partial charge in [-0.25, -0.2) is 19.5 Å². The summed E-state index contributed by atoms with van der Waals surface area (Å²) >= 11 is 12.3. The van der Waals surface area contributed by atoms with Gasteiger partial charge in [0, 0.05) is 0 Å². The van der Waals surface area contributed by atoms with Crippen molar-refractivity contribution in [1.82, 2.24) is 19.5 Å². The van der Waals surface area contributed by atoms with Crippen molar-refractivity contribution in [3.63, 3.8) is 0 Å². The molecule has 3 rings (SSSR count). The number of hydrogen-bond donors (Lipinski definition) is 2. The molecule has 0 spiro atoms. The van der Waals surface area contributed by atoms with Gasteiger partial charge in [0.2, 0.25) is 0 Å². The van der Waals surface area contributed by atoms with Gasteiger partial charge in [0.15, 0.2) is 5.82 Å². The smallest absolute Gasteiger partial charge is 0.268 e. The zero-order valence-electron chi connectivity index (χ0n) is 12.0. The highest BCUT2D eigenvalue weighted by Gasteiger charge is 2.19. The van der Waals surface area contributed by atoms with E-state index < -0.39 is 11.6 Å². The molecule has 4 N–H and O–H groups in total. The highest BCUT2D eigenvalue weighted by molar-refractivity contribution is 6.39. The van der Waals surface area contributed by atoms with Crippen LogP contribution in [-0.2, 0) is 0 Å². The van der Waals surface area contributed by atoms with Crippen molar-refractivity contribution in [2.45, 2.75) is 13.0 Å². The molecule has 0 bridgehead atoms. The summed E-state index contributed by atoms with van der Waals surface area (Å²) in [5.74, 6) is 0.784. The second kappa shape index (κ2) is 5.77. The molecule has 23 heavy (non-hydrogen) atoms. The average molecular weight is 351 g/mol. The Morgan fingerprint density at radius 1 is 1.17 bits per heavy atom. The van der Waals surface area contributed by atoms with Crippen LogP contribution in [0, 0.1) is 0 Å². The molecule has 0 aliphatic rings. The summed E-state index contributed by atoms with van der Waals surface area (Å²) in [5.41, 5.74) is 11.4. The minimum absolute atomic E-state index is 0.196. The summed E-state index contributed by atoms with van der Waals surface area (Å²) < 4.78 is 1.27. The molecule has 0 amide bonds. The number of nitrogens with zero attached hydrogens (tertiary/aromatic N) is 4.